The Morgan fingerprint density at radius 1 is 1.06 bits per heavy atom. The van der Waals surface area contributed by atoms with Crippen molar-refractivity contribution < 1.29 is 9.59 Å². The quantitative estimate of drug-likeness (QED) is 0.727. The first-order valence-electron chi connectivity index (χ1n) is 12.3. The van der Waals surface area contributed by atoms with Crippen LogP contribution in [0.1, 0.15) is 49.0 Å². The first-order chi connectivity index (χ1) is 15.6. The number of hydrogen-bond acceptors (Lipinski definition) is 4. The third-order valence-corrected chi connectivity index (χ3v) is 8.44. The summed E-state index contributed by atoms with van der Waals surface area (Å²) in [5, 5.41) is 5.48. The molecule has 2 bridgehead atoms. The number of fused-ring (bicyclic) bond motifs is 5. The Balaban J connectivity index is 1.11. The molecule has 0 radical (unpaired) electrons. The van der Waals surface area contributed by atoms with Gasteiger partial charge in [0.1, 0.15) is 0 Å². The molecule has 0 aliphatic carbocycles. The maximum atomic E-state index is 13.3. The van der Waals surface area contributed by atoms with Gasteiger partial charge in [0.25, 0.3) is 5.91 Å². The van der Waals surface area contributed by atoms with Gasteiger partial charge in [-0.15, -0.1) is 0 Å². The van der Waals surface area contributed by atoms with E-state index in [1.165, 1.54) is 12.8 Å². The number of carbonyl (C=O) groups is 2. The van der Waals surface area contributed by atoms with E-state index in [4.69, 9.17) is 0 Å². The van der Waals surface area contributed by atoms with Crippen molar-refractivity contribution in [2.45, 2.75) is 50.6 Å². The Morgan fingerprint density at radius 3 is 2.72 bits per heavy atom. The topological polar surface area (TPSA) is 61.7 Å². The summed E-state index contributed by atoms with van der Waals surface area (Å²) < 4.78 is 1.81. The van der Waals surface area contributed by atoms with Gasteiger partial charge in [0.05, 0.1) is 5.52 Å². The van der Waals surface area contributed by atoms with Crippen molar-refractivity contribution in [3.63, 3.8) is 0 Å². The van der Waals surface area contributed by atoms with Crippen LogP contribution in [0, 0.1) is 11.8 Å². The van der Waals surface area contributed by atoms with Crippen molar-refractivity contribution in [2.75, 3.05) is 32.7 Å². The van der Waals surface area contributed by atoms with E-state index in [1.54, 1.807) is 4.68 Å². The lowest BCUT2D eigenvalue weighted by molar-refractivity contribution is -0.145. The number of aryl methyl sites for hydroxylation is 1. The molecule has 5 heterocycles. The van der Waals surface area contributed by atoms with Crippen molar-refractivity contribution in [2.24, 2.45) is 18.9 Å². The van der Waals surface area contributed by atoms with Crippen molar-refractivity contribution in [3.05, 3.63) is 30.0 Å². The average Bonchev–Trinajstić information content (AvgIpc) is 3.16. The molecule has 4 aliphatic heterocycles. The van der Waals surface area contributed by atoms with E-state index in [2.05, 4.69) is 14.9 Å². The number of amides is 2. The molecular formula is C25H33N5O2. The van der Waals surface area contributed by atoms with Gasteiger partial charge in [-0.25, -0.2) is 0 Å². The fourth-order valence-electron chi connectivity index (χ4n) is 6.90. The van der Waals surface area contributed by atoms with Crippen molar-refractivity contribution in [3.8, 4) is 0 Å². The van der Waals surface area contributed by atoms with Crippen LogP contribution in [-0.4, -0.2) is 81.1 Å². The van der Waals surface area contributed by atoms with E-state index in [0.717, 1.165) is 69.3 Å². The largest absolute Gasteiger partial charge is 0.339 e. The Hall–Kier alpha value is -2.41. The minimum absolute atomic E-state index is 0.0622. The van der Waals surface area contributed by atoms with Crippen LogP contribution >= 0.6 is 0 Å². The van der Waals surface area contributed by atoms with Gasteiger partial charge >= 0.3 is 0 Å². The molecule has 32 heavy (non-hydrogen) atoms. The van der Waals surface area contributed by atoms with Gasteiger partial charge in [-0.3, -0.25) is 19.2 Å². The van der Waals surface area contributed by atoms with Gasteiger partial charge in [-0.2, -0.15) is 5.10 Å². The molecule has 0 spiro atoms. The van der Waals surface area contributed by atoms with E-state index in [-0.39, 0.29) is 5.91 Å². The first kappa shape index (κ1) is 20.2. The molecule has 0 N–H and O–H groups in total. The van der Waals surface area contributed by atoms with E-state index >= 15 is 0 Å². The summed E-state index contributed by atoms with van der Waals surface area (Å²) >= 11 is 0. The van der Waals surface area contributed by atoms with Gasteiger partial charge in [0, 0.05) is 63.7 Å². The molecule has 0 unspecified atom stereocenters. The second kappa shape index (κ2) is 7.87. The molecule has 2 amide bonds. The van der Waals surface area contributed by atoms with E-state index < -0.39 is 0 Å². The van der Waals surface area contributed by atoms with Gasteiger partial charge in [-0.1, -0.05) is 18.2 Å². The van der Waals surface area contributed by atoms with E-state index in [1.807, 2.05) is 36.2 Å². The summed E-state index contributed by atoms with van der Waals surface area (Å²) in [4.78, 5) is 32.6. The smallest absolute Gasteiger partial charge is 0.275 e. The van der Waals surface area contributed by atoms with Crippen LogP contribution in [0.2, 0.25) is 0 Å². The summed E-state index contributed by atoms with van der Waals surface area (Å²) in [5.74, 6) is 1.70. The number of hydrogen-bond donors (Lipinski definition) is 0. The molecule has 7 heteroatoms. The molecule has 3 atom stereocenters. The number of benzene rings is 1. The lowest BCUT2D eigenvalue weighted by atomic mass is 9.75. The molecule has 4 aliphatic rings. The third-order valence-electron chi connectivity index (χ3n) is 8.44. The Morgan fingerprint density at radius 2 is 1.88 bits per heavy atom. The number of aromatic nitrogens is 2. The molecule has 1 aromatic heterocycles. The zero-order chi connectivity index (χ0) is 21.8. The number of para-hydroxylation sites is 1. The van der Waals surface area contributed by atoms with Crippen LogP contribution in [0.4, 0.5) is 0 Å². The van der Waals surface area contributed by atoms with Gasteiger partial charge in [-0.05, 0) is 50.0 Å². The molecular weight excluding hydrogens is 402 g/mol. The lowest BCUT2D eigenvalue weighted by Gasteiger charge is -2.54. The predicted octanol–water partition coefficient (Wildman–Crippen LogP) is 2.51. The highest BCUT2D eigenvalue weighted by atomic mass is 16.2. The maximum Gasteiger partial charge on any atom is 0.275 e. The highest BCUT2D eigenvalue weighted by Crippen LogP contribution is 2.39. The summed E-state index contributed by atoms with van der Waals surface area (Å²) in [7, 11) is 1.90. The second-order valence-corrected chi connectivity index (χ2v) is 10.3. The number of rotatable bonds is 2. The lowest BCUT2D eigenvalue weighted by Crippen LogP contribution is -2.62. The van der Waals surface area contributed by atoms with Crippen LogP contribution in [0.25, 0.3) is 10.9 Å². The molecule has 2 aromatic rings. The maximum absolute atomic E-state index is 13.3. The zero-order valence-electron chi connectivity index (χ0n) is 18.9. The molecule has 6 rings (SSSR count). The average molecular weight is 436 g/mol. The second-order valence-electron chi connectivity index (χ2n) is 10.3. The Kier molecular flexibility index (Phi) is 4.97. The van der Waals surface area contributed by atoms with Crippen LogP contribution in [0.5, 0.6) is 0 Å². The van der Waals surface area contributed by atoms with Crippen molar-refractivity contribution in [1.29, 1.82) is 0 Å². The number of nitrogens with zero attached hydrogens (tertiary/aromatic N) is 5. The number of piperidine rings is 4. The minimum atomic E-state index is 0.0622. The predicted molar refractivity (Wildman–Crippen MR) is 122 cm³/mol. The summed E-state index contributed by atoms with van der Waals surface area (Å²) in [6.45, 7) is 4.79. The fourth-order valence-corrected chi connectivity index (χ4v) is 6.90. The third kappa shape index (κ3) is 3.33. The van der Waals surface area contributed by atoms with Crippen LogP contribution in [0.3, 0.4) is 0 Å². The van der Waals surface area contributed by atoms with Gasteiger partial charge < -0.3 is 9.80 Å². The van der Waals surface area contributed by atoms with E-state index in [0.29, 0.717) is 35.5 Å². The van der Waals surface area contributed by atoms with Crippen LogP contribution in [0.15, 0.2) is 24.3 Å². The SMILES string of the molecule is Cn1nc(C(=O)N2CCC(N3C[C@H]4C[C@H](C3)[C@H]3CCCC(=O)N3C4)CC2)c2ccccc21. The highest BCUT2D eigenvalue weighted by molar-refractivity contribution is 6.04. The molecule has 7 nitrogen and oxygen atoms in total. The summed E-state index contributed by atoms with van der Waals surface area (Å²) in [5.41, 5.74) is 1.58. The summed E-state index contributed by atoms with van der Waals surface area (Å²) in [6.07, 6.45) is 6.34. The first-order valence-corrected chi connectivity index (χ1v) is 12.3. The van der Waals surface area contributed by atoms with E-state index in [9.17, 15) is 9.59 Å². The monoisotopic (exact) mass is 435 g/mol. The minimum Gasteiger partial charge on any atom is -0.339 e. The molecule has 170 valence electrons. The standard InChI is InChI=1S/C25H33N5O2/c1-27-22-6-3-2-5-20(22)24(26-27)25(32)28-11-9-19(10-12-28)29-14-17-13-18(16-29)21-7-4-8-23(31)30(21)15-17/h2-3,5-6,17-19,21H,4,7-16H2,1H3/t17-,18-,21-/m1/s1. The molecule has 0 saturated carbocycles. The zero-order valence-corrected chi connectivity index (χ0v) is 18.9. The molecule has 4 saturated heterocycles. The Bertz CT molecular complexity index is 1040. The fraction of sp³-hybridized carbons (Fsp3) is 0.640. The van der Waals surface area contributed by atoms with Crippen molar-refractivity contribution >= 4 is 22.7 Å². The number of carbonyl (C=O) groups excluding carboxylic acids is 2. The van der Waals surface area contributed by atoms with Crippen LogP contribution < -0.4 is 0 Å². The normalized spacial score (nSPS) is 29.4. The number of likely N-dealkylation sites (tertiary alicyclic amines) is 2. The molecule has 4 fully saturated rings. The van der Waals surface area contributed by atoms with Gasteiger partial charge in [0.2, 0.25) is 5.91 Å². The molecule has 1 aromatic carbocycles. The van der Waals surface area contributed by atoms with Crippen molar-refractivity contribution in [1.82, 2.24) is 24.5 Å². The van der Waals surface area contributed by atoms with Gasteiger partial charge in [0.15, 0.2) is 5.69 Å². The van der Waals surface area contributed by atoms with Crippen LogP contribution in [-0.2, 0) is 11.8 Å². The highest BCUT2D eigenvalue weighted by Gasteiger charge is 2.45. The summed E-state index contributed by atoms with van der Waals surface area (Å²) in [6, 6.07) is 8.99. The Labute approximate surface area is 189 Å².